The third kappa shape index (κ3) is 2.68. The van der Waals surface area contributed by atoms with Crippen molar-refractivity contribution in [1.29, 1.82) is 0 Å². The number of hydrogen-bond donors (Lipinski definition) is 0. The summed E-state index contributed by atoms with van der Waals surface area (Å²) in [5.41, 5.74) is 1.01. The van der Waals surface area contributed by atoms with Gasteiger partial charge in [0, 0.05) is 32.3 Å². The van der Waals surface area contributed by atoms with Crippen LogP contribution >= 0.6 is 0 Å². The minimum absolute atomic E-state index is 0.348. The fourth-order valence-electron chi connectivity index (χ4n) is 1.53. The van der Waals surface area contributed by atoms with Crippen LogP contribution in [0.4, 0.5) is 0 Å². The van der Waals surface area contributed by atoms with E-state index in [4.69, 9.17) is 0 Å². The van der Waals surface area contributed by atoms with E-state index in [1.807, 2.05) is 25.2 Å². The molecule has 0 aromatic heterocycles. The zero-order valence-electron chi connectivity index (χ0n) is 7.97. The highest BCUT2D eigenvalue weighted by atomic mass is 16.1. The van der Waals surface area contributed by atoms with E-state index in [0.717, 1.165) is 24.8 Å². The van der Waals surface area contributed by atoms with Gasteiger partial charge in [0.15, 0.2) is 5.78 Å². The largest absolute Gasteiger partial charge is 0.383 e. The molecular formula is C10H17NO. The van der Waals surface area contributed by atoms with E-state index in [9.17, 15) is 4.79 Å². The quantitative estimate of drug-likeness (QED) is 0.439. The Morgan fingerprint density at radius 1 is 1.17 bits per heavy atom. The Morgan fingerprint density at radius 2 is 1.83 bits per heavy atom. The molecule has 0 aromatic carbocycles. The standard InChI is InChI=1S/C10H17NO/c1-11(2)8-9-6-4-3-5-7-10(9)12/h8H,3-7H2,1-2H3. The molecule has 68 valence electrons. The summed E-state index contributed by atoms with van der Waals surface area (Å²) in [7, 11) is 3.93. The van der Waals surface area contributed by atoms with E-state index in [1.165, 1.54) is 12.8 Å². The van der Waals surface area contributed by atoms with Gasteiger partial charge in [0.1, 0.15) is 0 Å². The molecule has 0 radical (unpaired) electrons. The maximum absolute atomic E-state index is 11.5. The molecule has 0 spiro atoms. The van der Waals surface area contributed by atoms with Gasteiger partial charge in [0.2, 0.25) is 0 Å². The molecule has 0 N–H and O–H groups in total. The van der Waals surface area contributed by atoms with Crippen LogP contribution in [0, 0.1) is 0 Å². The first-order valence-electron chi connectivity index (χ1n) is 4.60. The highest BCUT2D eigenvalue weighted by Crippen LogP contribution is 2.19. The van der Waals surface area contributed by atoms with Gasteiger partial charge >= 0.3 is 0 Å². The van der Waals surface area contributed by atoms with Crippen molar-refractivity contribution in [2.75, 3.05) is 14.1 Å². The molecule has 1 aliphatic rings. The molecule has 0 unspecified atom stereocenters. The summed E-state index contributed by atoms with van der Waals surface area (Å²) in [5.74, 6) is 0.348. The molecule has 1 rings (SSSR count). The Morgan fingerprint density at radius 3 is 2.50 bits per heavy atom. The summed E-state index contributed by atoms with van der Waals surface area (Å²) in [6, 6.07) is 0. The van der Waals surface area contributed by atoms with Gasteiger partial charge < -0.3 is 4.90 Å². The normalized spacial score (nSPS) is 22.5. The zero-order chi connectivity index (χ0) is 8.97. The lowest BCUT2D eigenvalue weighted by Gasteiger charge is -2.08. The smallest absolute Gasteiger partial charge is 0.160 e. The van der Waals surface area contributed by atoms with Crippen LogP contribution in [-0.4, -0.2) is 24.8 Å². The van der Waals surface area contributed by atoms with Gasteiger partial charge in [0.05, 0.1) is 0 Å². The van der Waals surface area contributed by atoms with Gasteiger partial charge in [-0.2, -0.15) is 0 Å². The first-order valence-corrected chi connectivity index (χ1v) is 4.60. The minimum Gasteiger partial charge on any atom is -0.383 e. The maximum atomic E-state index is 11.5. The average molecular weight is 167 g/mol. The van der Waals surface area contributed by atoms with Crippen LogP contribution < -0.4 is 0 Å². The molecule has 1 aliphatic carbocycles. The van der Waals surface area contributed by atoms with E-state index in [2.05, 4.69) is 0 Å². The second-order valence-corrected chi connectivity index (χ2v) is 3.60. The summed E-state index contributed by atoms with van der Waals surface area (Å²) in [6.45, 7) is 0. The van der Waals surface area contributed by atoms with Crippen LogP contribution in [0.2, 0.25) is 0 Å². The van der Waals surface area contributed by atoms with Crippen LogP contribution in [0.15, 0.2) is 11.8 Å². The lowest BCUT2D eigenvalue weighted by molar-refractivity contribution is -0.115. The molecule has 0 bridgehead atoms. The number of nitrogens with zero attached hydrogens (tertiary/aromatic N) is 1. The summed E-state index contributed by atoms with van der Waals surface area (Å²) >= 11 is 0. The van der Waals surface area contributed by atoms with E-state index < -0.39 is 0 Å². The second-order valence-electron chi connectivity index (χ2n) is 3.60. The average Bonchev–Trinajstić information content (AvgIpc) is 2.16. The lowest BCUT2D eigenvalue weighted by Crippen LogP contribution is -2.08. The number of Topliss-reactive ketones (excluding diaryl/α,β-unsaturated/α-hetero) is 1. The summed E-state index contributed by atoms with van der Waals surface area (Å²) in [5, 5.41) is 0. The maximum Gasteiger partial charge on any atom is 0.160 e. The van der Waals surface area contributed by atoms with Crippen molar-refractivity contribution in [2.24, 2.45) is 0 Å². The molecule has 2 heteroatoms. The highest BCUT2D eigenvalue weighted by molar-refractivity contribution is 5.95. The number of allylic oxidation sites excluding steroid dienone is 1. The monoisotopic (exact) mass is 167 g/mol. The van der Waals surface area contributed by atoms with E-state index >= 15 is 0 Å². The second kappa shape index (κ2) is 4.29. The molecule has 0 aromatic rings. The Kier molecular flexibility index (Phi) is 3.32. The summed E-state index contributed by atoms with van der Waals surface area (Å²) in [4.78, 5) is 13.4. The molecule has 0 amide bonds. The Bertz CT molecular complexity index is 194. The molecule has 0 heterocycles. The van der Waals surface area contributed by atoms with Crippen molar-refractivity contribution in [3.05, 3.63) is 11.8 Å². The van der Waals surface area contributed by atoms with Gasteiger partial charge in [-0.3, -0.25) is 4.79 Å². The number of hydrogen-bond acceptors (Lipinski definition) is 2. The zero-order valence-corrected chi connectivity index (χ0v) is 7.97. The Hall–Kier alpha value is -0.790. The molecule has 1 fully saturated rings. The number of carbonyl (C=O) groups excluding carboxylic acids is 1. The lowest BCUT2D eigenvalue weighted by atomic mass is 10.1. The fourth-order valence-corrected chi connectivity index (χ4v) is 1.53. The molecule has 2 nitrogen and oxygen atoms in total. The van der Waals surface area contributed by atoms with Crippen LogP contribution in [0.5, 0.6) is 0 Å². The first-order chi connectivity index (χ1) is 5.70. The van der Waals surface area contributed by atoms with Crippen molar-refractivity contribution < 1.29 is 4.79 Å². The van der Waals surface area contributed by atoms with Crippen molar-refractivity contribution in [2.45, 2.75) is 32.1 Å². The first kappa shape index (κ1) is 9.30. The van der Waals surface area contributed by atoms with Crippen molar-refractivity contribution >= 4 is 5.78 Å². The molecular weight excluding hydrogens is 150 g/mol. The van der Waals surface area contributed by atoms with E-state index in [0.29, 0.717) is 5.78 Å². The molecule has 0 atom stereocenters. The predicted molar refractivity (Wildman–Crippen MR) is 49.9 cm³/mol. The topological polar surface area (TPSA) is 20.3 Å². The van der Waals surface area contributed by atoms with Crippen LogP contribution in [0.25, 0.3) is 0 Å². The molecule has 1 saturated carbocycles. The molecule has 0 aliphatic heterocycles. The number of rotatable bonds is 1. The van der Waals surface area contributed by atoms with Gasteiger partial charge in [0.25, 0.3) is 0 Å². The number of ketones is 1. The van der Waals surface area contributed by atoms with Crippen LogP contribution in [-0.2, 0) is 4.79 Å². The van der Waals surface area contributed by atoms with Crippen molar-refractivity contribution in [3.63, 3.8) is 0 Å². The summed E-state index contributed by atoms with van der Waals surface area (Å²) < 4.78 is 0. The molecule has 12 heavy (non-hydrogen) atoms. The Balaban J connectivity index is 2.65. The summed E-state index contributed by atoms with van der Waals surface area (Å²) in [6.07, 6.45) is 7.13. The minimum atomic E-state index is 0.348. The van der Waals surface area contributed by atoms with Crippen LogP contribution in [0.3, 0.4) is 0 Å². The van der Waals surface area contributed by atoms with E-state index in [1.54, 1.807) is 0 Å². The van der Waals surface area contributed by atoms with Crippen molar-refractivity contribution in [1.82, 2.24) is 4.90 Å². The van der Waals surface area contributed by atoms with Gasteiger partial charge in [-0.1, -0.05) is 6.42 Å². The third-order valence-electron chi connectivity index (χ3n) is 2.12. The van der Waals surface area contributed by atoms with Gasteiger partial charge in [-0.25, -0.2) is 0 Å². The van der Waals surface area contributed by atoms with E-state index in [-0.39, 0.29) is 0 Å². The highest BCUT2D eigenvalue weighted by Gasteiger charge is 2.12. The molecule has 0 saturated heterocycles. The third-order valence-corrected chi connectivity index (χ3v) is 2.12. The predicted octanol–water partition coefficient (Wildman–Crippen LogP) is 1.97. The number of carbonyl (C=O) groups is 1. The van der Waals surface area contributed by atoms with Gasteiger partial charge in [-0.15, -0.1) is 0 Å². The van der Waals surface area contributed by atoms with Crippen LogP contribution in [0.1, 0.15) is 32.1 Å². The van der Waals surface area contributed by atoms with Crippen molar-refractivity contribution in [3.8, 4) is 0 Å². The SMILES string of the molecule is CN(C)C=C1CCCCCC1=O. The fraction of sp³-hybridized carbons (Fsp3) is 0.700. The van der Waals surface area contributed by atoms with Gasteiger partial charge in [-0.05, 0) is 19.3 Å². The Labute approximate surface area is 74.2 Å².